The number of amides is 1. The van der Waals surface area contributed by atoms with Gasteiger partial charge in [0.1, 0.15) is 0 Å². The lowest BCUT2D eigenvalue weighted by Gasteiger charge is -2.19. The number of nitrogens with one attached hydrogen (secondary N) is 1. The summed E-state index contributed by atoms with van der Waals surface area (Å²) in [7, 11) is -3.48. The minimum Gasteiger partial charge on any atom is -0.349 e. The smallest absolute Gasteiger partial charge is 0.243 e. The van der Waals surface area contributed by atoms with Gasteiger partial charge in [0, 0.05) is 13.1 Å². The molecule has 1 atom stereocenters. The van der Waals surface area contributed by atoms with Crippen molar-refractivity contribution in [2.45, 2.75) is 38.1 Å². The molecule has 3 aromatic carbocycles. The highest BCUT2D eigenvalue weighted by Gasteiger charge is 2.21. The zero-order valence-corrected chi connectivity index (χ0v) is 18.4. The molecule has 0 heterocycles. The van der Waals surface area contributed by atoms with Gasteiger partial charge < -0.3 is 5.32 Å². The lowest BCUT2D eigenvalue weighted by atomic mass is 10.0. The molecule has 3 aromatic rings. The Morgan fingerprint density at radius 2 is 1.57 bits per heavy atom. The van der Waals surface area contributed by atoms with E-state index in [1.54, 1.807) is 24.3 Å². The first-order chi connectivity index (χ1) is 14.3. The van der Waals surface area contributed by atoms with E-state index in [1.165, 1.54) is 4.31 Å². The van der Waals surface area contributed by atoms with Crippen molar-refractivity contribution in [1.29, 1.82) is 0 Å². The molecule has 1 unspecified atom stereocenters. The maximum absolute atomic E-state index is 12.6. The van der Waals surface area contributed by atoms with E-state index in [0.29, 0.717) is 19.5 Å². The van der Waals surface area contributed by atoms with Crippen LogP contribution in [0.4, 0.5) is 0 Å². The molecule has 0 aliphatic carbocycles. The maximum Gasteiger partial charge on any atom is 0.243 e. The highest BCUT2D eigenvalue weighted by molar-refractivity contribution is 7.89. The van der Waals surface area contributed by atoms with Gasteiger partial charge in [0.25, 0.3) is 0 Å². The topological polar surface area (TPSA) is 66.5 Å². The molecule has 0 saturated carbocycles. The molecule has 0 aromatic heterocycles. The molecular formula is C24H28N2O3S. The number of carbonyl (C=O) groups excluding carboxylic acids is 1. The van der Waals surface area contributed by atoms with Crippen molar-refractivity contribution in [3.05, 3.63) is 77.9 Å². The number of hydrogen-bond acceptors (Lipinski definition) is 3. The third-order valence-electron chi connectivity index (χ3n) is 5.28. The van der Waals surface area contributed by atoms with Crippen LogP contribution in [0, 0.1) is 0 Å². The van der Waals surface area contributed by atoms with E-state index in [0.717, 1.165) is 21.9 Å². The molecule has 0 fully saturated rings. The van der Waals surface area contributed by atoms with E-state index in [1.807, 2.05) is 63.2 Å². The summed E-state index contributed by atoms with van der Waals surface area (Å²) < 4.78 is 26.6. The Kier molecular flexibility index (Phi) is 6.90. The number of sulfonamides is 1. The van der Waals surface area contributed by atoms with Gasteiger partial charge in [-0.3, -0.25) is 4.79 Å². The second-order valence-electron chi connectivity index (χ2n) is 7.31. The Bertz CT molecular complexity index is 1120. The number of nitrogens with zero attached hydrogens (tertiary/aromatic N) is 1. The predicted molar refractivity (Wildman–Crippen MR) is 121 cm³/mol. The normalized spacial score (nSPS) is 12.8. The zero-order chi connectivity index (χ0) is 21.7. The molecule has 0 spiro atoms. The molecule has 30 heavy (non-hydrogen) atoms. The monoisotopic (exact) mass is 424 g/mol. The lowest BCUT2D eigenvalue weighted by Crippen LogP contribution is -2.30. The van der Waals surface area contributed by atoms with Gasteiger partial charge in [-0.1, -0.05) is 68.4 Å². The van der Waals surface area contributed by atoms with Gasteiger partial charge in [-0.25, -0.2) is 8.42 Å². The minimum absolute atomic E-state index is 0.0716. The summed E-state index contributed by atoms with van der Waals surface area (Å²) in [6, 6.07) is 20.6. The van der Waals surface area contributed by atoms with E-state index in [-0.39, 0.29) is 16.8 Å². The Morgan fingerprint density at radius 1 is 0.933 bits per heavy atom. The molecule has 3 rings (SSSR count). The number of hydrogen-bond donors (Lipinski definition) is 1. The van der Waals surface area contributed by atoms with Gasteiger partial charge in [-0.15, -0.1) is 0 Å². The number of benzene rings is 3. The second kappa shape index (κ2) is 9.41. The van der Waals surface area contributed by atoms with E-state index in [9.17, 15) is 13.2 Å². The van der Waals surface area contributed by atoms with Crippen LogP contribution in [0.25, 0.3) is 10.8 Å². The molecule has 1 N–H and O–H groups in total. The molecule has 0 radical (unpaired) electrons. The van der Waals surface area contributed by atoms with Gasteiger partial charge in [-0.2, -0.15) is 4.31 Å². The fraction of sp³-hybridized carbons (Fsp3) is 0.292. The van der Waals surface area contributed by atoms with E-state index in [2.05, 4.69) is 5.32 Å². The average molecular weight is 425 g/mol. The van der Waals surface area contributed by atoms with E-state index < -0.39 is 10.0 Å². The third kappa shape index (κ3) is 4.89. The summed E-state index contributed by atoms with van der Waals surface area (Å²) in [6.45, 7) is 6.40. The van der Waals surface area contributed by atoms with Gasteiger partial charge >= 0.3 is 0 Å². The Labute approximate surface area is 178 Å². The highest BCUT2D eigenvalue weighted by Crippen LogP contribution is 2.20. The summed E-state index contributed by atoms with van der Waals surface area (Å²) in [6.07, 6.45) is 0.295. The van der Waals surface area contributed by atoms with Gasteiger partial charge in [-0.05, 0) is 41.0 Å². The van der Waals surface area contributed by atoms with E-state index in [4.69, 9.17) is 0 Å². The molecular weight excluding hydrogens is 396 g/mol. The fourth-order valence-electron chi connectivity index (χ4n) is 3.55. The van der Waals surface area contributed by atoms with Crippen molar-refractivity contribution in [2.24, 2.45) is 0 Å². The second-order valence-corrected chi connectivity index (χ2v) is 9.24. The fourth-order valence-corrected chi connectivity index (χ4v) is 5.01. The SMILES string of the molecule is CCN(CC)S(=O)(=O)c1ccc(C(C)NC(=O)Cc2ccc3ccccc3c2)cc1. The number of carbonyl (C=O) groups is 1. The first-order valence-electron chi connectivity index (χ1n) is 10.2. The summed E-state index contributed by atoms with van der Waals surface area (Å²) in [5.74, 6) is -0.0716. The summed E-state index contributed by atoms with van der Waals surface area (Å²) in [5.41, 5.74) is 1.82. The summed E-state index contributed by atoms with van der Waals surface area (Å²) >= 11 is 0. The van der Waals surface area contributed by atoms with Crippen molar-refractivity contribution in [3.63, 3.8) is 0 Å². The average Bonchev–Trinajstić information content (AvgIpc) is 2.74. The number of fused-ring (bicyclic) bond motifs is 1. The minimum atomic E-state index is -3.48. The van der Waals surface area contributed by atoms with Gasteiger partial charge in [0.15, 0.2) is 0 Å². The van der Waals surface area contributed by atoms with Crippen LogP contribution in [-0.4, -0.2) is 31.7 Å². The van der Waals surface area contributed by atoms with Crippen LogP contribution < -0.4 is 5.32 Å². The first kappa shape index (κ1) is 22.0. The maximum atomic E-state index is 12.6. The molecule has 158 valence electrons. The molecule has 1 amide bonds. The van der Waals surface area contributed by atoms with Crippen LogP contribution in [0.3, 0.4) is 0 Å². The lowest BCUT2D eigenvalue weighted by molar-refractivity contribution is -0.121. The largest absolute Gasteiger partial charge is 0.349 e. The van der Waals surface area contributed by atoms with Crippen molar-refractivity contribution < 1.29 is 13.2 Å². The predicted octanol–water partition coefficient (Wildman–Crippen LogP) is 4.29. The highest BCUT2D eigenvalue weighted by atomic mass is 32.2. The molecule has 0 aliphatic heterocycles. The van der Waals surface area contributed by atoms with Crippen molar-refractivity contribution in [1.82, 2.24) is 9.62 Å². The quantitative estimate of drug-likeness (QED) is 0.587. The molecule has 0 aliphatic rings. The standard InChI is InChI=1S/C24H28N2O3S/c1-4-26(5-2)30(28,29)23-14-12-20(13-15-23)18(3)25-24(27)17-19-10-11-21-8-6-7-9-22(21)16-19/h6-16,18H,4-5,17H2,1-3H3,(H,25,27). The van der Waals surface area contributed by atoms with Crippen LogP contribution >= 0.6 is 0 Å². The molecule has 0 bridgehead atoms. The van der Waals surface area contributed by atoms with Gasteiger partial charge in [0.2, 0.25) is 15.9 Å². The van der Waals surface area contributed by atoms with Crippen molar-refractivity contribution in [2.75, 3.05) is 13.1 Å². The number of rotatable bonds is 8. The van der Waals surface area contributed by atoms with Crippen molar-refractivity contribution in [3.8, 4) is 0 Å². The molecule has 5 nitrogen and oxygen atoms in total. The summed E-state index contributed by atoms with van der Waals surface area (Å²) in [5, 5.41) is 5.26. The Hall–Kier alpha value is -2.70. The van der Waals surface area contributed by atoms with E-state index >= 15 is 0 Å². The Morgan fingerprint density at radius 3 is 2.20 bits per heavy atom. The van der Waals surface area contributed by atoms with Crippen molar-refractivity contribution >= 4 is 26.7 Å². The van der Waals surface area contributed by atoms with Gasteiger partial charge in [0.05, 0.1) is 17.4 Å². The van der Waals surface area contributed by atoms with Crippen LogP contribution in [0.2, 0.25) is 0 Å². The van der Waals surface area contributed by atoms with Crippen LogP contribution in [0.5, 0.6) is 0 Å². The molecule has 0 saturated heterocycles. The first-order valence-corrected chi connectivity index (χ1v) is 11.7. The third-order valence-corrected chi connectivity index (χ3v) is 7.34. The van der Waals surface area contributed by atoms with Crippen LogP contribution in [-0.2, 0) is 21.2 Å². The summed E-state index contributed by atoms with van der Waals surface area (Å²) in [4.78, 5) is 12.8. The van der Waals surface area contributed by atoms with Crippen LogP contribution in [0.15, 0.2) is 71.6 Å². The molecule has 6 heteroatoms. The Balaban J connectivity index is 1.66. The van der Waals surface area contributed by atoms with Crippen LogP contribution in [0.1, 0.15) is 37.9 Å². The zero-order valence-electron chi connectivity index (χ0n) is 17.6.